The first-order chi connectivity index (χ1) is 18.0. The largest absolute Gasteiger partial charge is 0.507 e. The van der Waals surface area contributed by atoms with Gasteiger partial charge >= 0.3 is 5.97 Å². The van der Waals surface area contributed by atoms with Crippen LogP contribution in [0.15, 0.2) is 67.0 Å². The number of H-pyrrole nitrogens is 1. The number of esters is 1. The topological polar surface area (TPSA) is 114 Å². The second-order valence-corrected chi connectivity index (χ2v) is 9.35. The quantitative estimate of drug-likeness (QED) is 0.282. The average Bonchev–Trinajstić information content (AvgIpc) is 3.63. The molecule has 0 spiro atoms. The van der Waals surface area contributed by atoms with Gasteiger partial charge in [-0.15, -0.1) is 0 Å². The van der Waals surface area contributed by atoms with Gasteiger partial charge in [0.05, 0.1) is 37.5 Å². The maximum absolute atomic E-state index is 12.6. The highest BCUT2D eigenvalue weighted by Crippen LogP contribution is 2.38. The van der Waals surface area contributed by atoms with Gasteiger partial charge in [0.25, 0.3) is 0 Å². The van der Waals surface area contributed by atoms with Crippen LogP contribution < -0.4 is 5.32 Å². The summed E-state index contributed by atoms with van der Waals surface area (Å²) in [7, 11) is 1.29. The van der Waals surface area contributed by atoms with Gasteiger partial charge in [0.15, 0.2) is 6.04 Å². The number of nitrogens with zero attached hydrogens (tertiary/aromatic N) is 1. The van der Waals surface area contributed by atoms with Crippen molar-refractivity contribution in [3.63, 3.8) is 0 Å². The van der Waals surface area contributed by atoms with Gasteiger partial charge in [0, 0.05) is 29.3 Å². The molecule has 3 N–H and O–H groups in total. The molecule has 8 heteroatoms. The standard InChI is InChI=1S/C29H29N3O5/c1-36-29(35)26(17-37-16-19-5-6-19)32-27(33)13-18-7-9-20(10-8-18)22-3-2-4-23(28(22)34)24-14-21-11-12-30-15-25(21)31-24/h2-4,7-12,14-15,19,26,31,34H,5-6,13,16-17H2,1H3,(H,32,33). The number of aromatic nitrogens is 2. The number of carbonyl (C=O) groups is 2. The summed E-state index contributed by atoms with van der Waals surface area (Å²) >= 11 is 0. The average molecular weight is 500 g/mol. The summed E-state index contributed by atoms with van der Waals surface area (Å²) in [5.74, 6) is -0.0931. The van der Waals surface area contributed by atoms with E-state index in [-0.39, 0.29) is 24.7 Å². The molecule has 1 unspecified atom stereocenters. The third-order valence-corrected chi connectivity index (χ3v) is 6.54. The minimum atomic E-state index is -0.837. The molecule has 1 amide bonds. The molecule has 1 fully saturated rings. The lowest BCUT2D eigenvalue weighted by Crippen LogP contribution is -2.45. The monoisotopic (exact) mass is 499 g/mol. The van der Waals surface area contributed by atoms with Crippen molar-refractivity contribution in [1.82, 2.24) is 15.3 Å². The molecular formula is C29H29N3O5. The molecule has 1 aliphatic rings. The van der Waals surface area contributed by atoms with Crippen molar-refractivity contribution in [3.05, 3.63) is 72.6 Å². The predicted molar refractivity (Wildman–Crippen MR) is 140 cm³/mol. The van der Waals surface area contributed by atoms with E-state index < -0.39 is 12.0 Å². The number of benzene rings is 2. The zero-order valence-electron chi connectivity index (χ0n) is 20.6. The van der Waals surface area contributed by atoms with Crippen molar-refractivity contribution < 1.29 is 24.2 Å². The summed E-state index contributed by atoms with van der Waals surface area (Å²) in [6.07, 6.45) is 5.88. The number of carbonyl (C=O) groups excluding carboxylic acids is 2. The summed E-state index contributed by atoms with van der Waals surface area (Å²) in [6.45, 7) is 0.687. The second-order valence-electron chi connectivity index (χ2n) is 9.35. The number of pyridine rings is 1. The van der Waals surface area contributed by atoms with E-state index in [1.165, 1.54) is 7.11 Å². The van der Waals surface area contributed by atoms with Crippen LogP contribution >= 0.6 is 0 Å². The zero-order valence-corrected chi connectivity index (χ0v) is 20.6. The van der Waals surface area contributed by atoms with Gasteiger partial charge in [-0.1, -0.05) is 36.4 Å². The van der Waals surface area contributed by atoms with E-state index in [9.17, 15) is 14.7 Å². The summed E-state index contributed by atoms with van der Waals surface area (Å²) in [4.78, 5) is 32.1. The molecule has 1 atom stereocenters. The Hall–Kier alpha value is -4.17. The highest BCUT2D eigenvalue weighted by Gasteiger charge is 2.25. The van der Waals surface area contributed by atoms with Gasteiger partial charge in [-0.25, -0.2) is 4.79 Å². The Bertz CT molecular complexity index is 1380. The maximum Gasteiger partial charge on any atom is 0.330 e. The number of para-hydroxylation sites is 1. The second kappa shape index (κ2) is 10.8. The van der Waals surface area contributed by atoms with Crippen LogP contribution in [-0.4, -0.2) is 53.3 Å². The lowest BCUT2D eigenvalue weighted by Gasteiger charge is -2.17. The van der Waals surface area contributed by atoms with Crippen molar-refractivity contribution in [2.24, 2.45) is 5.92 Å². The van der Waals surface area contributed by atoms with Gasteiger partial charge in [0.2, 0.25) is 5.91 Å². The summed E-state index contributed by atoms with van der Waals surface area (Å²) < 4.78 is 10.4. The number of methoxy groups -OCH3 is 1. The number of fused-ring (bicyclic) bond motifs is 1. The van der Waals surface area contributed by atoms with E-state index >= 15 is 0 Å². The number of phenols is 1. The minimum absolute atomic E-state index is 0.0936. The number of phenolic OH excluding ortho intramolecular Hbond substituents is 1. The number of ether oxygens (including phenoxy) is 2. The third kappa shape index (κ3) is 5.81. The van der Waals surface area contributed by atoms with Gasteiger partial charge in [0.1, 0.15) is 5.75 Å². The van der Waals surface area contributed by atoms with E-state index in [1.807, 2.05) is 54.6 Å². The van der Waals surface area contributed by atoms with E-state index in [0.29, 0.717) is 23.7 Å². The molecule has 2 aromatic heterocycles. The normalized spacial score (nSPS) is 13.9. The first kappa shape index (κ1) is 24.5. The molecule has 0 saturated heterocycles. The lowest BCUT2D eigenvalue weighted by molar-refractivity contribution is -0.146. The third-order valence-electron chi connectivity index (χ3n) is 6.54. The smallest absolute Gasteiger partial charge is 0.330 e. The molecule has 37 heavy (non-hydrogen) atoms. The van der Waals surface area contributed by atoms with Crippen LogP contribution in [0.2, 0.25) is 0 Å². The van der Waals surface area contributed by atoms with Gasteiger partial charge < -0.3 is 24.9 Å². The fourth-order valence-electron chi connectivity index (χ4n) is 4.29. The number of hydrogen-bond acceptors (Lipinski definition) is 6. The van der Waals surface area contributed by atoms with Gasteiger partial charge in [-0.05, 0) is 48.1 Å². The Morgan fingerprint density at radius 3 is 2.65 bits per heavy atom. The van der Waals surface area contributed by atoms with Crippen molar-refractivity contribution in [2.45, 2.75) is 25.3 Å². The van der Waals surface area contributed by atoms with Crippen molar-refractivity contribution in [2.75, 3.05) is 20.3 Å². The first-order valence-corrected chi connectivity index (χ1v) is 12.3. The number of hydrogen-bond donors (Lipinski definition) is 3. The van der Waals surface area contributed by atoms with Crippen LogP contribution in [0.25, 0.3) is 33.3 Å². The fourth-order valence-corrected chi connectivity index (χ4v) is 4.29. The number of amides is 1. The molecule has 2 aromatic carbocycles. The minimum Gasteiger partial charge on any atom is -0.507 e. The molecule has 0 aliphatic heterocycles. The Balaban J connectivity index is 1.26. The zero-order chi connectivity index (χ0) is 25.8. The van der Waals surface area contributed by atoms with E-state index in [4.69, 9.17) is 9.47 Å². The van der Waals surface area contributed by atoms with Crippen LogP contribution in [-0.2, 0) is 25.5 Å². The van der Waals surface area contributed by atoms with Crippen LogP contribution in [0.5, 0.6) is 5.75 Å². The number of aromatic amines is 1. The Kier molecular flexibility index (Phi) is 7.18. The van der Waals surface area contributed by atoms with E-state index in [0.717, 1.165) is 40.6 Å². The maximum atomic E-state index is 12.6. The van der Waals surface area contributed by atoms with Crippen LogP contribution in [0.4, 0.5) is 0 Å². The number of aromatic hydroxyl groups is 1. The number of nitrogens with one attached hydrogen (secondary N) is 2. The van der Waals surface area contributed by atoms with Crippen LogP contribution in [0, 0.1) is 5.92 Å². The molecule has 0 bridgehead atoms. The summed E-state index contributed by atoms with van der Waals surface area (Å²) in [6, 6.07) is 16.1. The van der Waals surface area contributed by atoms with Crippen molar-refractivity contribution >= 4 is 22.8 Å². The van der Waals surface area contributed by atoms with Crippen LogP contribution in [0.1, 0.15) is 18.4 Å². The van der Waals surface area contributed by atoms with E-state index in [2.05, 4.69) is 15.3 Å². The molecule has 8 nitrogen and oxygen atoms in total. The van der Waals surface area contributed by atoms with Gasteiger partial charge in [-0.2, -0.15) is 0 Å². The predicted octanol–water partition coefficient (Wildman–Crippen LogP) is 4.23. The molecule has 1 aliphatic carbocycles. The fraction of sp³-hybridized carbons (Fsp3) is 0.276. The van der Waals surface area contributed by atoms with Crippen molar-refractivity contribution in [3.8, 4) is 28.1 Å². The SMILES string of the molecule is COC(=O)C(COCC1CC1)NC(=O)Cc1ccc(-c2cccc(-c3cc4ccncc4[nH]3)c2O)cc1. The molecule has 4 aromatic rings. The Morgan fingerprint density at radius 2 is 1.92 bits per heavy atom. The van der Waals surface area contributed by atoms with Crippen molar-refractivity contribution in [1.29, 1.82) is 0 Å². The Morgan fingerprint density at radius 1 is 1.14 bits per heavy atom. The van der Waals surface area contributed by atoms with Gasteiger partial charge in [-0.3, -0.25) is 9.78 Å². The number of rotatable bonds is 10. The molecule has 5 rings (SSSR count). The highest BCUT2D eigenvalue weighted by molar-refractivity contribution is 5.89. The lowest BCUT2D eigenvalue weighted by atomic mass is 9.98. The molecular weight excluding hydrogens is 470 g/mol. The van der Waals surface area contributed by atoms with Crippen LogP contribution in [0.3, 0.4) is 0 Å². The molecule has 2 heterocycles. The first-order valence-electron chi connectivity index (χ1n) is 12.3. The highest BCUT2D eigenvalue weighted by atomic mass is 16.5. The van der Waals surface area contributed by atoms with E-state index in [1.54, 1.807) is 12.4 Å². The molecule has 1 saturated carbocycles. The summed E-state index contributed by atoms with van der Waals surface area (Å²) in [5, 5.41) is 14.8. The Labute approximate surface area is 214 Å². The molecule has 0 radical (unpaired) electrons. The molecule has 190 valence electrons. The summed E-state index contributed by atoms with van der Waals surface area (Å²) in [5.41, 5.74) is 4.68.